The summed E-state index contributed by atoms with van der Waals surface area (Å²) in [5.41, 5.74) is 22.2. The number of pyridine rings is 3. The van der Waals surface area contributed by atoms with E-state index in [-0.39, 0.29) is 0 Å². The molecule has 0 bridgehead atoms. The van der Waals surface area contributed by atoms with Crippen LogP contribution in [0.25, 0.3) is 134 Å². The zero-order valence-electron chi connectivity index (χ0n) is 48.2. The molecule has 0 unspecified atom stereocenters. The van der Waals surface area contributed by atoms with Crippen LogP contribution in [0.4, 0.5) is 0 Å². The van der Waals surface area contributed by atoms with E-state index in [9.17, 15) is 0 Å². The summed E-state index contributed by atoms with van der Waals surface area (Å²) < 4.78 is 0. The molecule has 87 heavy (non-hydrogen) atoms. The van der Waals surface area contributed by atoms with E-state index in [1.165, 1.54) is 22.3 Å². The van der Waals surface area contributed by atoms with Crippen molar-refractivity contribution in [3.63, 3.8) is 0 Å². The molecule has 0 saturated carbocycles. The molecule has 15 aromatic rings. The van der Waals surface area contributed by atoms with Crippen LogP contribution >= 0.6 is 0 Å². The van der Waals surface area contributed by atoms with E-state index in [1.54, 1.807) is 0 Å². The lowest BCUT2D eigenvalue weighted by atomic mass is 9.98. The zero-order valence-corrected chi connectivity index (χ0v) is 48.2. The second kappa shape index (κ2) is 25.1. The average molecular weight is 1120 g/mol. The third-order valence-corrected chi connectivity index (χ3v) is 15.1. The first-order valence-electron chi connectivity index (χ1n) is 28.9. The molecule has 6 aromatic heterocycles. The number of nitrogens with zero attached hydrogens (tertiary/aromatic N) is 9. The Labute approximate surface area is 505 Å². The SMILES string of the molecule is Cc1nc(-c2ccccc2)cc(-c2ccc(-c3cccc4cccnc34)cc2)n1.Cc1nc(-c2ccccc2)cc(-c2ccc(-c3cccc4ncccc34)cc2)n1.Cc1nc(-c2ccccc2)cc(-c2ccc(-c3ccnc4ccccc34)cc2)n1. The van der Waals surface area contributed by atoms with Gasteiger partial charge < -0.3 is 0 Å². The summed E-state index contributed by atoms with van der Waals surface area (Å²) in [6, 6.07) is 93.4. The molecule has 0 aliphatic heterocycles. The van der Waals surface area contributed by atoms with Gasteiger partial charge in [0.1, 0.15) is 17.5 Å². The van der Waals surface area contributed by atoms with Crippen LogP contribution in [0.15, 0.2) is 292 Å². The quantitative estimate of drug-likeness (QED) is 0.139. The van der Waals surface area contributed by atoms with Crippen LogP contribution in [-0.2, 0) is 0 Å². The first-order chi connectivity index (χ1) is 42.8. The van der Waals surface area contributed by atoms with Crippen LogP contribution in [0.1, 0.15) is 17.5 Å². The molecule has 15 rings (SSSR count). The van der Waals surface area contributed by atoms with Gasteiger partial charge in [-0.2, -0.15) is 0 Å². The van der Waals surface area contributed by atoms with E-state index in [1.807, 2.05) is 124 Å². The maximum absolute atomic E-state index is 4.66. The molecule has 0 radical (unpaired) electrons. The summed E-state index contributed by atoms with van der Waals surface area (Å²) in [7, 11) is 0. The van der Waals surface area contributed by atoms with Crippen molar-refractivity contribution < 1.29 is 0 Å². The Bertz CT molecular complexity index is 4360. The first kappa shape index (κ1) is 54.7. The fourth-order valence-corrected chi connectivity index (χ4v) is 10.9. The highest BCUT2D eigenvalue weighted by Gasteiger charge is 2.13. The molecule has 0 amide bonds. The molecule has 0 fully saturated rings. The van der Waals surface area contributed by atoms with Crippen molar-refractivity contribution in [3.8, 4) is 101 Å². The number of fused-ring (bicyclic) bond motifs is 3. The molecule has 9 aromatic carbocycles. The van der Waals surface area contributed by atoms with Gasteiger partial charge in [0.05, 0.1) is 50.7 Å². The van der Waals surface area contributed by atoms with Crippen molar-refractivity contribution in [2.24, 2.45) is 0 Å². The molecule has 0 N–H and O–H groups in total. The summed E-state index contributed by atoms with van der Waals surface area (Å²) in [5, 5.41) is 3.46. The highest BCUT2D eigenvalue weighted by molar-refractivity contribution is 5.96. The average Bonchev–Trinajstić information content (AvgIpc) is 3.78. The van der Waals surface area contributed by atoms with Crippen molar-refractivity contribution in [3.05, 3.63) is 309 Å². The van der Waals surface area contributed by atoms with Crippen molar-refractivity contribution in [1.82, 2.24) is 44.9 Å². The summed E-state index contributed by atoms with van der Waals surface area (Å²) in [5.74, 6) is 2.31. The second-order valence-electron chi connectivity index (χ2n) is 21.0. The lowest BCUT2D eigenvalue weighted by Gasteiger charge is -2.09. The summed E-state index contributed by atoms with van der Waals surface area (Å²) in [4.78, 5) is 41.3. The smallest absolute Gasteiger partial charge is 0.126 e. The highest BCUT2D eigenvalue weighted by Crippen LogP contribution is 2.34. The number of hydrogen-bond acceptors (Lipinski definition) is 9. The molecule has 414 valence electrons. The fourth-order valence-electron chi connectivity index (χ4n) is 10.9. The molecular weight excluding hydrogens is 1060 g/mol. The van der Waals surface area contributed by atoms with Crippen LogP contribution in [-0.4, -0.2) is 44.9 Å². The topological polar surface area (TPSA) is 116 Å². The highest BCUT2D eigenvalue weighted by atomic mass is 14.9. The molecule has 9 nitrogen and oxygen atoms in total. The van der Waals surface area contributed by atoms with Gasteiger partial charge in [-0.05, 0) is 97.1 Å². The minimum absolute atomic E-state index is 0.767. The number of hydrogen-bond donors (Lipinski definition) is 0. The van der Waals surface area contributed by atoms with E-state index >= 15 is 0 Å². The van der Waals surface area contributed by atoms with Gasteiger partial charge in [-0.1, -0.05) is 224 Å². The zero-order chi connectivity index (χ0) is 58.9. The Morgan fingerprint density at radius 3 is 1.00 bits per heavy atom. The largest absolute Gasteiger partial charge is 0.256 e. The van der Waals surface area contributed by atoms with Gasteiger partial charge in [0.25, 0.3) is 0 Å². The van der Waals surface area contributed by atoms with Gasteiger partial charge >= 0.3 is 0 Å². The van der Waals surface area contributed by atoms with Gasteiger partial charge in [-0.15, -0.1) is 0 Å². The van der Waals surface area contributed by atoms with Crippen molar-refractivity contribution in [2.75, 3.05) is 0 Å². The number of rotatable bonds is 9. The van der Waals surface area contributed by atoms with E-state index in [2.05, 4.69) is 233 Å². The lowest BCUT2D eigenvalue weighted by Crippen LogP contribution is -1.94. The predicted octanol–water partition coefficient (Wildman–Crippen LogP) is 19.0. The van der Waals surface area contributed by atoms with Crippen LogP contribution in [0.2, 0.25) is 0 Å². The van der Waals surface area contributed by atoms with Gasteiger partial charge in [0.2, 0.25) is 0 Å². The van der Waals surface area contributed by atoms with Gasteiger partial charge in [0, 0.05) is 73.7 Å². The van der Waals surface area contributed by atoms with E-state index < -0.39 is 0 Å². The Balaban J connectivity index is 0.000000121. The standard InChI is InChI=1S/3C26H19N3/c1-18-28-25(20-7-3-2-4-8-20)17-26(29-18)21-14-12-19(13-15-21)22-9-5-11-24-23(22)10-6-16-27-24;1-18-28-24(20-7-3-2-4-8-20)17-25(29-18)21-14-12-19(13-15-21)23-11-5-9-22-10-6-16-27-26(22)23;1-18-28-25(20-7-3-2-4-8-20)17-26(29-18)21-13-11-19(12-14-21)22-15-16-27-24-10-6-5-9-23(22)24/h3*2-17H,1H3. The van der Waals surface area contributed by atoms with Gasteiger partial charge in [0.15, 0.2) is 0 Å². The first-order valence-corrected chi connectivity index (χ1v) is 28.9. The Kier molecular flexibility index (Phi) is 15.8. The summed E-state index contributed by atoms with van der Waals surface area (Å²) >= 11 is 0. The van der Waals surface area contributed by atoms with Crippen LogP contribution in [0.5, 0.6) is 0 Å². The van der Waals surface area contributed by atoms with Crippen molar-refractivity contribution in [1.29, 1.82) is 0 Å². The lowest BCUT2D eigenvalue weighted by molar-refractivity contribution is 1.06. The monoisotopic (exact) mass is 1120 g/mol. The second-order valence-corrected chi connectivity index (χ2v) is 21.0. The van der Waals surface area contributed by atoms with Gasteiger partial charge in [-0.25, -0.2) is 29.9 Å². The van der Waals surface area contributed by atoms with E-state index in [0.717, 1.165) is 129 Å². The van der Waals surface area contributed by atoms with E-state index in [4.69, 9.17) is 0 Å². The number of aromatic nitrogens is 9. The maximum Gasteiger partial charge on any atom is 0.126 e. The van der Waals surface area contributed by atoms with Crippen LogP contribution < -0.4 is 0 Å². The fraction of sp³-hybridized carbons (Fsp3) is 0.0385. The third-order valence-electron chi connectivity index (χ3n) is 15.1. The predicted molar refractivity (Wildman–Crippen MR) is 355 cm³/mol. The molecule has 0 aliphatic rings. The number of para-hydroxylation sites is 2. The van der Waals surface area contributed by atoms with E-state index in [0.29, 0.717) is 0 Å². The van der Waals surface area contributed by atoms with Crippen LogP contribution in [0.3, 0.4) is 0 Å². The third kappa shape index (κ3) is 12.4. The molecule has 6 heterocycles. The van der Waals surface area contributed by atoms with Crippen molar-refractivity contribution in [2.45, 2.75) is 20.8 Å². The number of aryl methyl sites for hydroxylation is 3. The molecule has 0 atom stereocenters. The minimum Gasteiger partial charge on any atom is -0.256 e. The Morgan fingerprint density at radius 1 is 0.218 bits per heavy atom. The number of benzene rings is 9. The van der Waals surface area contributed by atoms with Gasteiger partial charge in [-0.3, -0.25) is 15.0 Å². The molecule has 9 heteroatoms. The molecule has 0 spiro atoms. The van der Waals surface area contributed by atoms with Crippen LogP contribution in [0, 0.1) is 20.8 Å². The van der Waals surface area contributed by atoms with Crippen molar-refractivity contribution >= 4 is 32.7 Å². The maximum atomic E-state index is 4.66. The normalized spacial score (nSPS) is 10.9. The molecule has 0 aliphatic carbocycles. The Hall–Kier alpha value is -11.6. The molecule has 0 saturated heterocycles. The minimum atomic E-state index is 0.767. The molecular formula is C78H57N9. The summed E-state index contributed by atoms with van der Waals surface area (Å²) in [6.07, 6.45) is 5.54. The summed E-state index contributed by atoms with van der Waals surface area (Å²) in [6.45, 7) is 5.81. The Morgan fingerprint density at radius 2 is 0.529 bits per heavy atom.